The minimum atomic E-state index is -0.745. The summed E-state index contributed by atoms with van der Waals surface area (Å²) in [5.74, 6) is -0.945. The first-order valence-corrected chi connectivity index (χ1v) is 9.58. The Labute approximate surface area is 153 Å². The third kappa shape index (κ3) is 4.74. The molecule has 0 spiro atoms. The Balaban J connectivity index is 1.59. The molecule has 142 valence electrons. The molecule has 26 heavy (non-hydrogen) atoms. The highest BCUT2D eigenvalue weighted by Gasteiger charge is 2.30. The lowest BCUT2D eigenvalue weighted by molar-refractivity contribution is -0.142. The second-order valence-electron chi connectivity index (χ2n) is 7.58. The van der Waals surface area contributed by atoms with Crippen LogP contribution in [0.4, 0.5) is 9.18 Å². The highest BCUT2D eigenvalue weighted by molar-refractivity contribution is 5.75. The van der Waals surface area contributed by atoms with Gasteiger partial charge in [-0.15, -0.1) is 0 Å². The molecule has 0 saturated heterocycles. The fourth-order valence-corrected chi connectivity index (χ4v) is 4.29. The van der Waals surface area contributed by atoms with E-state index in [9.17, 15) is 14.0 Å². The van der Waals surface area contributed by atoms with Gasteiger partial charge in [0.15, 0.2) is 0 Å². The third-order valence-electron chi connectivity index (χ3n) is 5.80. The van der Waals surface area contributed by atoms with E-state index in [4.69, 9.17) is 5.11 Å². The van der Waals surface area contributed by atoms with E-state index in [1.807, 2.05) is 0 Å². The van der Waals surface area contributed by atoms with Crippen molar-refractivity contribution in [3.05, 3.63) is 35.6 Å². The molecule has 1 aromatic rings. The number of amides is 2. The second kappa shape index (κ2) is 8.52. The van der Waals surface area contributed by atoms with E-state index in [1.165, 1.54) is 12.1 Å². The Morgan fingerprint density at radius 2 is 1.62 bits per heavy atom. The van der Waals surface area contributed by atoms with Crippen LogP contribution in [0.5, 0.6) is 0 Å². The van der Waals surface area contributed by atoms with Crippen molar-refractivity contribution in [2.24, 2.45) is 11.8 Å². The number of carbonyl (C=O) groups excluding carboxylic acids is 1. The predicted molar refractivity (Wildman–Crippen MR) is 96.1 cm³/mol. The van der Waals surface area contributed by atoms with Crippen LogP contribution in [0.15, 0.2) is 24.3 Å². The first-order chi connectivity index (χ1) is 12.5. The molecule has 2 saturated carbocycles. The van der Waals surface area contributed by atoms with Gasteiger partial charge in [-0.05, 0) is 62.1 Å². The van der Waals surface area contributed by atoms with Crippen molar-refractivity contribution in [3.63, 3.8) is 0 Å². The maximum Gasteiger partial charge on any atom is 0.315 e. The number of carbonyl (C=O) groups is 2. The number of aliphatic carboxylic acids is 1. The summed E-state index contributed by atoms with van der Waals surface area (Å²) in [6, 6.07) is 6.04. The van der Waals surface area contributed by atoms with Crippen molar-refractivity contribution in [3.8, 4) is 0 Å². The van der Waals surface area contributed by atoms with E-state index in [2.05, 4.69) is 10.6 Å². The van der Waals surface area contributed by atoms with Gasteiger partial charge in [0.25, 0.3) is 0 Å². The van der Waals surface area contributed by atoms with Gasteiger partial charge in [0.05, 0.1) is 12.0 Å². The Bertz CT molecular complexity index is 620. The number of urea groups is 1. The minimum absolute atomic E-state index is 0.0167. The van der Waals surface area contributed by atoms with Gasteiger partial charge >= 0.3 is 12.0 Å². The van der Waals surface area contributed by atoms with Gasteiger partial charge < -0.3 is 15.7 Å². The zero-order chi connectivity index (χ0) is 18.5. The lowest BCUT2D eigenvalue weighted by atomic mass is 9.86. The average Bonchev–Trinajstić information content (AvgIpc) is 3.15. The normalized spacial score (nSPS) is 24.8. The number of nitrogens with one attached hydrogen (secondary N) is 2. The van der Waals surface area contributed by atoms with Gasteiger partial charge in [0.1, 0.15) is 5.82 Å². The van der Waals surface area contributed by atoms with E-state index >= 15 is 0 Å². The molecule has 2 fully saturated rings. The van der Waals surface area contributed by atoms with Crippen molar-refractivity contribution < 1.29 is 19.1 Å². The van der Waals surface area contributed by atoms with Crippen LogP contribution >= 0.6 is 0 Å². The molecule has 3 rings (SSSR count). The summed E-state index contributed by atoms with van der Waals surface area (Å²) in [5.41, 5.74) is 0.933. The smallest absolute Gasteiger partial charge is 0.315 e. The molecule has 6 heteroatoms. The highest BCUT2D eigenvalue weighted by Crippen LogP contribution is 2.35. The first kappa shape index (κ1) is 18.7. The molecule has 0 heterocycles. The van der Waals surface area contributed by atoms with Crippen molar-refractivity contribution in [1.82, 2.24) is 10.6 Å². The fourth-order valence-electron chi connectivity index (χ4n) is 4.29. The molecule has 0 aromatic heterocycles. The van der Waals surface area contributed by atoms with E-state index in [0.29, 0.717) is 31.6 Å². The minimum Gasteiger partial charge on any atom is -0.481 e. The standard InChI is InChI=1S/C20H27FN2O3/c21-16-9-5-14(6-10-16)18(13-3-1-2-4-13)23-20(26)22-17-11-7-15(8-12-17)19(24)25/h5-6,9-10,13,15,17-18H,1-4,7-8,11-12H2,(H,24,25)(H2,22,23,26). The molecule has 2 amide bonds. The largest absolute Gasteiger partial charge is 0.481 e. The molecule has 1 atom stereocenters. The van der Waals surface area contributed by atoms with Crippen molar-refractivity contribution in [2.45, 2.75) is 63.5 Å². The highest BCUT2D eigenvalue weighted by atomic mass is 19.1. The number of rotatable bonds is 5. The monoisotopic (exact) mass is 362 g/mol. The van der Waals surface area contributed by atoms with Crippen molar-refractivity contribution in [1.29, 1.82) is 0 Å². The molecule has 0 radical (unpaired) electrons. The van der Waals surface area contributed by atoms with Crippen LogP contribution in [0.3, 0.4) is 0 Å². The molecular formula is C20H27FN2O3. The van der Waals surface area contributed by atoms with Crippen molar-refractivity contribution in [2.75, 3.05) is 0 Å². The van der Waals surface area contributed by atoms with Crippen LogP contribution in [0.1, 0.15) is 63.0 Å². The summed E-state index contributed by atoms with van der Waals surface area (Å²) in [6.07, 6.45) is 7.02. The zero-order valence-corrected chi connectivity index (χ0v) is 14.9. The topological polar surface area (TPSA) is 78.4 Å². The zero-order valence-electron chi connectivity index (χ0n) is 14.9. The molecular weight excluding hydrogens is 335 g/mol. The molecule has 1 unspecified atom stereocenters. The number of hydrogen-bond donors (Lipinski definition) is 3. The molecule has 5 nitrogen and oxygen atoms in total. The quantitative estimate of drug-likeness (QED) is 0.741. The van der Waals surface area contributed by atoms with E-state index < -0.39 is 5.97 Å². The van der Waals surface area contributed by atoms with Gasteiger partial charge in [0.2, 0.25) is 0 Å². The van der Waals surface area contributed by atoms with Gasteiger partial charge in [-0.3, -0.25) is 4.79 Å². The lowest BCUT2D eigenvalue weighted by Crippen LogP contribution is -2.46. The van der Waals surface area contributed by atoms with Crippen LogP contribution in [0.2, 0.25) is 0 Å². The predicted octanol–water partition coefficient (Wildman–Crippen LogP) is 4.00. The average molecular weight is 362 g/mol. The number of halogens is 1. The first-order valence-electron chi connectivity index (χ1n) is 9.58. The number of benzene rings is 1. The fraction of sp³-hybridized carbons (Fsp3) is 0.600. The van der Waals surface area contributed by atoms with Crippen molar-refractivity contribution >= 4 is 12.0 Å². The van der Waals surface area contributed by atoms with Crippen LogP contribution in [0.25, 0.3) is 0 Å². The number of hydrogen-bond acceptors (Lipinski definition) is 2. The summed E-state index contributed by atoms with van der Waals surface area (Å²) in [6.45, 7) is 0. The van der Waals surface area contributed by atoms with E-state index in [-0.39, 0.29) is 29.8 Å². The SMILES string of the molecule is O=C(NC1CCC(C(=O)O)CC1)NC(c1ccc(F)cc1)C1CCCC1. The molecule has 1 aromatic carbocycles. The van der Waals surface area contributed by atoms with Gasteiger partial charge in [-0.2, -0.15) is 0 Å². The maximum absolute atomic E-state index is 13.2. The van der Waals surface area contributed by atoms with E-state index in [0.717, 1.165) is 31.2 Å². The summed E-state index contributed by atoms with van der Waals surface area (Å²) in [5, 5.41) is 15.1. The van der Waals surface area contributed by atoms with Crippen LogP contribution in [-0.4, -0.2) is 23.1 Å². The Morgan fingerprint density at radius 3 is 2.19 bits per heavy atom. The molecule has 2 aliphatic carbocycles. The second-order valence-corrected chi connectivity index (χ2v) is 7.58. The van der Waals surface area contributed by atoms with Gasteiger partial charge in [0, 0.05) is 6.04 Å². The molecule has 3 N–H and O–H groups in total. The van der Waals surface area contributed by atoms with Crippen LogP contribution in [0, 0.1) is 17.7 Å². The van der Waals surface area contributed by atoms with E-state index in [1.54, 1.807) is 12.1 Å². The summed E-state index contributed by atoms with van der Waals surface area (Å²) in [7, 11) is 0. The summed E-state index contributed by atoms with van der Waals surface area (Å²) in [4.78, 5) is 23.6. The maximum atomic E-state index is 13.2. The van der Waals surface area contributed by atoms with Crippen LogP contribution < -0.4 is 10.6 Å². The Kier molecular flexibility index (Phi) is 6.12. The molecule has 0 bridgehead atoms. The lowest BCUT2D eigenvalue weighted by Gasteiger charge is -2.29. The Hall–Kier alpha value is -2.11. The number of carboxylic acids is 1. The van der Waals surface area contributed by atoms with Gasteiger partial charge in [-0.1, -0.05) is 25.0 Å². The Morgan fingerprint density at radius 1 is 1.00 bits per heavy atom. The summed E-state index contributed by atoms with van der Waals surface area (Å²) < 4.78 is 13.2. The summed E-state index contributed by atoms with van der Waals surface area (Å²) >= 11 is 0. The number of carboxylic acid groups (broad SMARTS) is 1. The molecule has 0 aliphatic heterocycles. The van der Waals surface area contributed by atoms with Gasteiger partial charge in [-0.25, -0.2) is 9.18 Å². The molecule has 2 aliphatic rings. The van der Waals surface area contributed by atoms with Crippen LogP contribution in [-0.2, 0) is 4.79 Å². The third-order valence-corrected chi connectivity index (χ3v) is 5.80.